The van der Waals surface area contributed by atoms with E-state index >= 15 is 0 Å². The lowest BCUT2D eigenvalue weighted by Crippen LogP contribution is -2.18. The molecule has 19 heavy (non-hydrogen) atoms. The van der Waals surface area contributed by atoms with Gasteiger partial charge >= 0.3 is 0 Å². The van der Waals surface area contributed by atoms with E-state index in [9.17, 15) is 0 Å². The second-order valence-corrected chi connectivity index (χ2v) is 6.87. The van der Waals surface area contributed by atoms with Gasteiger partial charge in [0.1, 0.15) is 0 Å². The van der Waals surface area contributed by atoms with Gasteiger partial charge < -0.3 is 5.32 Å². The van der Waals surface area contributed by atoms with E-state index in [1.807, 2.05) is 11.8 Å². The van der Waals surface area contributed by atoms with Crippen LogP contribution < -0.4 is 5.32 Å². The molecule has 1 heterocycles. The van der Waals surface area contributed by atoms with Crippen LogP contribution in [0.2, 0.25) is 0 Å². The molecule has 1 aliphatic rings. The van der Waals surface area contributed by atoms with Crippen LogP contribution in [-0.2, 0) is 5.75 Å². The van der Waals surface area contributed by atoms with Crippen LogP contribution in [-0.4, -0.2) is 5.75 Å². The molecule has 0 saturated heterocycles. The SMILES string of the molecule is Cc1cc(Br)cc(NC2CSCc3ccccc32)c1. The zero-order valence-corrected chi connectivity index (χ0v) is 13.2. The number of hydrogen-bond acceptors (Lipinski definition) is 2. The van der Waals surface area contributed by atoms with Gasteiger partial charge in [-0.2, -0.15) is 11.8 Å². The van der Waals surface area contributed by atoms with Crippen molar-refractivity contribution in [3.63, 3.8) is 0 Å². The highest BCUT2D eigenvalue weighted by molar-refractivity contribution is 9.10. The molecule has 2 aromatic rings. The van der Waals surface area contributed by atoms with E-state index in [1.165, 1.54) is 22.4 Å². The topological polar surface area (TPSA) is 12.0 Å². The molecular weight excluding hydrogens is 318 g/mol. The third-order valence-electron chi connectivity index (χ3n) is 3.36. The van der Waals surface area contributed by atoms with E-state index in [1.54, 1.807) is 0 Å². The maximum absolute atomic E-state index is 3.67. The van der Waals surface area contributed by atoms with E-state index in [2.05, 4.69) is 70.6 Å². The van der Waals surface area contributed by atoms with Crippen LogP contribution in [0.15, 0.2) is 46.9 Å². The Morgan fingerprint density at radius 3 is 2.89 bits per heavy atom. The molecule has 1 atom stereocenters. The van der Waals surface area contributed by atoms with Gasteiger partial charge in [-0.3, -0.25) is 0 Å². The van der Waals surface area contributed by atoms with Crippen molar-refractivity contribution in [3.8, 4) is 0 Å². The van der Waals surface area contributed by atoms with Crippen molar-refractivity contribution in [1.29, 1.82) is 0 Å². The summed E-state index contributed by atoms with van der Waals surface area (Å²) in [4.78, 5) is 0. The minimum atomic E-state index is 0.406. The van der Waals surface area contributed by atoms with E-state index in [0.717, 1.165) is 16.0 Å². The van der Waals surface area contributed by atoms with Gasteiger partial charge in [0, 0.05) is 21.7 Å². The zero-order valence-electron chi connectivity index (χ0n) is 10.8. The molecule has 1 aliphatic heterocycles. The molecule has 0 saturated carbocycles. The molecule has 3 rings (SSSR count). The number of halogens is 1. The standard InChI is InChI=1S/C16H16BrNS/c1-11-6-13(17)8-14(7-11)18-16-10-19-9-12-4-2-3-5-15(12)16/h2-8,16,18H,9-10H2,1H3. The summed E-state index contributed by atoms with van der Waals surface area (Å²) in [5.41, 5.74) is 5.37. The predicted molar refractivity (Wildman–Crippen MR) is 87.8 cm³/mol. The Bertz CT molecular complexity index is 577. The first-order valence-corrected chi connectivity index (χ1v) is 8.36. The van der Waals surface area contributed by atoms with E-state index in [-0.39, 0.29) is 0 Å². The second-order valence-electron chi connectivity index (χ2n) is 4.93. The van der Waals surface area contributed by atoms with E-state index < -0.39 is 0 Å². The summed E-state index contributed by atoms with van der Waals surface area (Å²) in [6, 6.07) is 15.6. The number of rotatable bonds is 2. The van der Waals surface area contributed by atoms with Gasteiger partial charge in [-0.1, -0.05) is 40.2 Å². The monoisotopic (exact) mass is 333 g/mol. The molecule has 1 N–H and O–H groups in total. The van der Waals surface area contributed by atoms with Crippen molar-refractivity contribution in [2.75, 3.05) is 11.1 Å². The molecular formula is C16H16BrNS. The molecule has 0 fully saturated rings. The predicted octanol–water partition coefficient (Wildman–Crippen LogP) is 5.16. The summed E-state index contributed by atoms with van der Waals surface area (Å²) in [5, 5.41) is 3.67. The summed E-state index contributed by atoms with van der Waals surface area (Å²) in [6.07, 6.45) is 0. The summed E-state index contributed by atoms with van der Waals surface area (Å²) >= 11 is 5.56. The van der Waals surface area contributed by atoms with Gasteiger partial charge in [0.2, 0.25) is 0 Å². The lowest BCUT2D eigenvalue weighted by molar-refractivity contribution is 0.871. The van der Waals surface area contributed by atoms with Crippen LogP contribution >= 0.6 is 27.7 Å². The number of fused-ring (bicyclic) bond motifs is 1. The van der Waals surface area contributed by atoms with Crippen molar-refractivity contribution in [2.24, 2.45) is 0 Å². The van der Waals surface area contributed by atoms with Crippen molar-refractivity contribution >= 4 is 33.4 Å². The van der Waals surface area contributed by atoms with Crippen molar-refractivity contribution < 1.29 is 0 Å². The fourth-order valence-electron chi connectivity index (χ4n) is 2.52. The Labute approximate surface area is 126 Å². The average Bonchev–Trinajstić information content (AvgIpc) is 2.38. The number of thioether (sulfide) groups is 1. The van der Waals surface area contributed by atoms with Gasteiger partial charge in [0.25, 0.3) is 0 Å². The molecule has 1 nitrogen and oxygen atoms in total. The molecule has 0 spiro atoms. The molecule has 0 amide bonds. The second kappa shape index (κ2) is 5.59. The van der Waals surface area contributed by atoms with Crippen LogP contribution in [0.25, 0.3) is 0 Å². The molecule has 0 aliphatic carbocycles. The van der Waals surface area contributed by atoms with E-state index in [4.69, 9.17) is 0 Å². The smallest absolute Gasteiger partial charge is 0.0607 e. The normalized spacial score (nSPS) is 17.9. The molecule has 0 radical (unpaired) electrons. The van der Waals surface area contributed by atoms with Gasteiger partial charge in [-0.05, 0) is 41.8 Å². The van der Waals surface area contributed by atoms with Crippen LogP contribution in [0.3, 0.4) is 0 Å². The van der Waals surface area contributed by atoms with Crippen LogP contribution in [0.5, 0.6) is 0 Å². The quantitative estimate of drug-likeness (QED) is 0.814. The first-order chi connectivity index (χ1) is 9.22. The molecule has 2 aromatic carbocycles. The number of anilines is 1. The third-order valence-corrected chi connectivity index (χ3v) is 4.90. The van der Waals surface area contributed by atoms with Crippen LogP contribution in [0.4, 0.5) is 5.69 Å². The van der Waals surface area contributed by atoms with Gasteiger partial charge in [0.05, 0.1) is 6.04 Å². The third kappa shape index (κ3) is 2.98. The Morgan fingerprint density at radius 2 is 2.05 bits per heavy atom. The summed E-state index contributed by atoms with van der Waals surface area (Å²) in [6.45, 7) is 2.12. The Kier molecular flexibility index (Phi) is 3.85. The molecule has 0 aromatic heterocycles. The van der Waals surface area contributed by atoms with Gasteiger partial charge in [0.15, 0.2) is 0 Å². The Morgan fingerprint density at radius 1 is 1.21 bits per heavy atom. The number of benzene rings is 2. The number of hydrogen-bond donors (Lipinski definition) is 1. The summed E-state index contributed by atoms with van der Waals surface area (Å²) < 4.78 is 1.13. The summed E-state index contributed by atoms with van der Waals surface area (Å²) in [7, 11) is 0. The maximum atomic E-state index is 3.67. The molecule has 0 bridgehead atoms. The maximum Gasteiger partial charge on any atom is 0.0607 e. The molecule has 1 unspecified atom stereocenters. The number of nitrogens with one attached hydrogen (secondary N) is 1. The summed E-state index contributed by atoms with van der Waals surface area (Å²) in [5.74, 6) is 2.26. The molecule has 98 valence electrons. The highest BCUT2D eigenvalue weighted by atomic mass is 79.9. The lowest BCUT2D eigenvalue weighted by Gasteiger charge is -2.27. The van der Waals surface area contributed by atoms with Crippen LogP contribution in [0.1, 0.15) is 22.7 Å². The van der Waals surface area contributed by atoms with E-state index in [0.29, 0.717) is 6.04 Å². The van der Waals surface area contributed by atoms with Crippen LogP contribution in [0, 0.1) is 6.92 Å². The highest BCUT2D eigenvalue weighted by Crippen LogP contribution is 2.34. The minimum Gasteiger partial charge on any atom is -0.377 e. The van der Waals surface area contributed by atoms with Crippen molar-refractivity contribution in [2.45, 2.75) is 18.7 Å². The van der Waals surface area contributed by atoms with Crippen molar-refractivity contribution in [3.05, 3.63) is 63.6 Å². The Hall–Kier alpha value is -0.930. The zero-order chi connectivity index (χ0) is 13.2. The van der Waals surface area contributed by atoms with Crippen molar-refractivity contribution in [1.82, 2.24) is 0 Å². The lowest BCUT2D eigenvalue weighted by atomic mass is 10.0. The minimum absolute atomic E-state index is 0.406. The molecule has 3 heteroatoms. The van der Waals surface area contributed by atoms with Gasteiger partial charge in [-0.15, -0.1) is 0 Å². The fourth-order valence-corrected chi connectivity index (χ4v) is 4.23. The largest absolute Gasteiger partial charge is 0.377 e. The fraction of sp³-hybridized carbons (Fsp3) is 0.250. The first kappa shape index (κ1) is 13.1. The van der Waals surface area contributed by atoms with Gasteiger partial charge in [-0.25, -0.2) is 0 Å². The highest BCUT2D eigenvalue weighted by Gasteiger charge is 2.19. The number of aryl methyl sites for hydroxylation is 1. The first-order valence-electron chi connectivity index (χ1n) is 6.41. The average molecular weight is 334 g/mol. The Balaban J connectivity index is 1.88.